The molecular formula is C27H50OSiSn. The maximum absolute atomic E-state index is 6.64. The number of hydrogen-bond donors (Lipinski definition) is 0. The van der Waals surface area contributed by atoms with Gasteiger partial charge in [0.2, 0.25) is 0 Å². The van der Waals surface area contributed by atoms with Crippen LogP contribution in [-0.4, -0.2) is 26.7 Å². The van der Waals surface area contributed by atoms with Crippen LogP contribution in [0.25, 0.3) is 0 Å². The SMILES string of the molecule is CCC[CH2][Sn]([CH2]C=C(C)CC(O[Si](C)(C)C)c1ccccc1)([CH2]CCC)[CH2]CCC. The van der Waals surface area contributed by atoms with Crippen molar-refractivity contribution in [2.75, 3.05) is 0 Å². The van der Waals surface area contributed by atoms with Crippen molar-refractivity contribution in [2.24, 2.45) is 0 Å². The van der Waals surface area contributed by atoms with Crippen LogP contribution in [0, 0.1) is 0 Å². The fourth-order valence-electron chi connectivity index (χ4n) is 4.43. The molecule has 0 spiro atoms. The average Bonchev–Trinajstić information content (AvgIpc) is 2.72. The van der Waals surface area contributed by atoms with Gasteiger partial charge in [0.25, 0.3) is 0 Å². The van der Waals surface area contributed by atoms with Crippen LogP contribution in [0.3, 0.4) is 0 Å². The van der Waals surface area contributed by atoms with E-state index in [-0.39, 0.29) is 6.10 Å². The summed E-state index contributed by atoms with van der Waals surface area (Å²) in [5, 5.41) is 0. The normalized spacial score (nSPS) is 14.2. The molecule has 0 saturated carbocycles. The van der Waals surface area contributed by atoms with Crippen molar-refractivity contribution in [3.05, 3.63) is 47.5 Å². The molecule has 0 bridgehead atoms. The minimum absolute atomic E-state index is 0.209. The Morgan fingerprint density at radius 2 is 1.40 bits per heavy atom. The number of allylic oxidation sites excluding steroid dienone is 1. The van der Waals surface area contributed by atoms with E-state index in [4.69, 9.17) is 4.43 Å². The Hall–Kier alpha value is -0.0644. The molecule has 0 aliphatic heterocycles. The Morgan fingerprint density at radius 3 is 1.83 bits per heavy atom. The van der Waals surface area contributed by atoms with Crippen LogP contribution in [0.15, 0.2) is 42.0 Å². The van der Waals surface area contributed by atoms with E-state index in [0.29, 0.717) is 0 Å². The van der Waals surface area contributed by atoms with Crippen LogP contribution in [-0.2, 0) is 4.43 Å². The molecule has 0 amide bonds. The van der Waals surface area contributed by atoms with Crippen molar-refractivity contribution < 1.29 is 4.43 Å². The average molecular weight is 537 g/mol. The van der Waals surface area contributed by atoms with Crippen LogP contribution in [0.5, 0.6) is 0 Å². The molecule has 0 aliphatic rings. The van der Waals surface area contributed by atoms with Crippen LogP contribution in [0.4, 0.5) is 0 Å². The van der Waals surface area contributed by atoms with Gasteiger partial charge in [-0.15, -0.1) is 0 Å². The van der Waals surface area contributed by atoms with Crippen molar-refractivity contribution in [1.29, 1.82) is 0 Å². The van der Waals surface area contributed by atoms with Crippen LogP contribution in [0.1, 0.15) is 84.3 Å². The molecular weight excluding hydrogens is 487 g/mol. The van der Waals surface area contributed by atoms with E-state index in [1.54, 1.807) is 18.9 Å². The third kappa shape index (κ3) is 11.5. The van der Waals surface area contributed by atoms with Gasteiger partial charge in [-0.1, -0.05) is 0 Å². The summed E-state index contributed by atoms with van der Waals surface area (Å²) < 4.78 is 12.9. The van der Waals surface area contributed by atoms with Gasteiger partial charge in [-0.3, -0.25) is 0 Å². The van der Waals surface area contributed by atoms with E-state index in [9.17, 15) is 0 Å². The molecule has 3 heteroatoms. The molecule has 0 radical (unpaired) electrons. The van der Waals surface area contributed by atoms with E-state index in [0.717, 1.165) is 6.42 Å². The van der Waals surface area contributed by atoms with Crippen molar-refractivity contribution in [2.45, 2.75) is 116 Å². The number of unbranched alkanes of at least 4 members (excludes halogenated alkanes) is 3. The molecule has 0 aliphatic carbocycles. The predicted octanol–water partition coefficient (Wildman–Crippen LogP) is 9.76. The van der Waals surface area contributed by atoms with Gasteiger partial charge < -0.3 is 0 Å². The molecule has 1 aromatic carbocycles. The zero-order valence-electron chi connectivity index (χ0n) is 21.2. The Balaban J connectivity index is 2.98. The molecule has 1 atom stereocenters. The second-order valence-electron chi connectivity index (χ2n) is 10.4. The van der Waals surface area contributed by atoms with E-state index in [1.807, 2.05) is 0 Å². The summed E-state index contributed by atoms with van der Waals surface area (Å²) in [6, 6.07) is 10.9. The summed E-state index contributed by atoms with van der Waals surface area (Å²) in [5.74, 6) is 0. The van der Waals surface area contributed by atoms with Gasteiger partial charge in [0.1, 0.15) is 0 Å². The zero-order chi connectivity index (χ0) is 22.5. The molecule has 0 fully saturated rings. The van der Waals surface area contributed by atoms with E-state index >= 15 is 0 Å². The van der Waals surface area contributed by atoms with Gasteiger partial charge >= 0.3 is 195 Å². The van der Waals surface area contributed by atoms with E-state index in [2.05, 4.69) is 83.7 Å². The number of hydrogen-bond acceptors (Lipinski definition) is 1. The van der Waals surface area contributed by atoms with Crippen molar-refractivity contribution >= 4 is 26.7 Å². The van der Waals surface area contributed by atoms with Crippen LogP contribution >= 0.6 is 0 Å². The number of rotatable bonds is 16. The monoisotopic (exact) mass is 538 g/mol. The summed E-state index contributed by atoms with van der Waals surface area (Å²) >= 11 is -2.08. The topological polar surface area (TPSA) is 9.23 Å². The van der Waals surface area contributed by atoms with Crippen molar-refractivity contribution in [3.8, 4) is 0 Å². The maximum atomic E-state index is 6.64. The van der Waals surface area contributed by atoms with Crippen molar-refractivity contribution in [3.63, 3.8) is 0 Å². The van der Waals surface area contributed by atoms with Gasteiger partial charge in [-0.05, 0) is 0 Å². The molecule has 30 heavy (non-hydrogen) atoms. The van der Waals surface area contributed by atoms with Gasteiger partial charge in [0.05, 0.1) is 0 Å². The minimum atomic E-state index is -2.08. The Kier molecular flexibility index (Phi) is 13.9. The summed E-state index contributed by atoms with van der Waals surface area (Å²) in [4.78, 5) is 0. The first-order chi connectivity index (χ1) is 14.2. The summed E-state index contributed by atoms with van der Waals surface area (Å²) in [5.41, 5.74) is 2.89. The Labute approximate surface area is 194 Å². The molecule has 172 valence electrons. The molecule has 0 N–H and O–H groups in total. The standard InChI is InChI=1S/C15H23OSi.3C4H9.Sn/c1-6-13(2)12-15(16-17(3,4)5)14-10-8-7-9-11-14;3*1-3-4-2;/h6-11,15H,1,12H2,2-5H3;3*1,3-4H2,2H3;. The second-order valence-corrected chi connectivity index (χ2v) is 28.9. The fourth-order valence-corrected chi connectivity index (χ4v) is 21.1. The first-order valence-corrected chi connectivity index (χ1v) is 24.1. The first kappa shape index (κ1) is 28.0. The summed E-state index contributed by atoms with van der Waals surface area (Å²) in [7, 11) is -1.60. The quantitative estimate of drug-likeness (QED) is 0.151. The molecule has 0 heterocycles. The molecule has 1 aromatic rings. The third-order valence-corrected chi connectivity index (χ3v) is 22.4. The zero-order valence-corrected chi connectivity index (χ0v) is 25.1. The van der Waals surface area contributed by atoms with Gasteiger partial charge in [-0.25, -0.2) is 0 Å². The van der Waals surface area contributed by atoms with E-state index < -0.39 is 26.7 Å². The Morgan fingerprint density at radius 1 is 0.900 bits per heavy atom. The van der Waals surface area contributed by atoms with Crippen LogP contribution in [0.2, 0.25) is 37.4 Å². The predicted molar refractivity (Wildman–Crippen MR) is 142 cm³/mol. The molecule has 0 saturated heterocycles. The molecule has 1 rings (SSSR count). The molecule has 0 aromatic heterocycles. The van der Waals surface area contributed by atoms with Gasteiger partial charge in [-0.2, -0.15) is 0 Å². The fraction of sp³-hybridized carbons (Fsp3) is 0.704. The summed E-state index contributed by atoms with van der Waals surface area (Å²) in [6.07, 6.45) is 12.4. The van der Waals surface area contributed by atoms with Crippen LogP contribution < -0.4 is 0 Å². The van der Waals surface area contributed by atoms with Gasteiger partial charge in [0, 0.05) is 0 Å². The molecule has 1 nitrogen and oxygen atoms in total. The number of benzene rings is 1. The van der Waals surface area contributed by atoms with E-state index in [1.165, 1.54) is 48.5 Å². The second kappa shape index (κ2) is 14.9. The molecule has 1 unspecified atom stereocenters. The van der Waals surface area contributed by atoms with Crippen molar-refractivity contribution in [1.82, 2.24) is 0 Å². The Bertz CT molecular complexity index is 569. The first-order valence-electron chi connectivity index (χ1n) is 12.6. The summed E-state index contributed by atoms with van der Waals surface area (Å²) in [6.45, 7) is 16.4. The third-order valence-electron chi connectivity index (χ3n) is 6.24. The van der Waals surface area contributed by atoms with Gasteiger partial charge in [0.15, 0.2) is 0 Å².